The number of carbonyl (C=O) groups is 1. The lowest BCUT2D eigenvalue weighted by Crippen LogP contribution is -2.42. The number of aromatic carboxylic acids is 1. The number of nitrogens with one attached hydrogen (secondary N) is 1. The Morgan fingerprint density at radius 3 is 2.60 bits per heavy atom. The number of H-pyrrole nitrogens is 1. The van der Waals surface area contributed by atoms with E-state index in [4.69, 9.17) is 5.11 Å². The topological polar surface area (TPSA) is 90.5 Å². The van der Waals surface area contributed by atoms with Crippen LogP contribution in [0.2, 0.25) is 0 Å². The normalized spacial score (nSPS) is 23.9. The van der Waals surface area contributed by atoms with Crippen LogP contribution in [0.1, 0.15) is 43.1 Å². The number of hydrogen-bond donors (Lipinski definition) is 2. The summed E-state index contributed by atoms with van der Waals surface area (Å²) in [4.78, 5) is 13.3. The number of sulfonamides is 1. The monoisotopic (exact) mass is 300 g/mol. The smallest absolute Gasteiger partial charge is 0.352 e. The zero-order valence-corrected chi connectivity index (χ0v) is 12.5. The van der Waals surface area contributed by atoms with Gasteiger partial charge in [0.15, 0.2) is 0 Å². The highest BCUT2D eigenvalue weighted by Gasteiger charge is 2.33. The molecule has 2 rings (SSSR count). The maximum Gasteiger partial charge on any atom is 0.352 e. The molecule has 2 unspecified atom stereocenters. The summed E-state index contributed by atoms with van der Waals surface area (Å²) in [5, 5.41) is 8.85. The molecule has 0 aromatic carbocycles. The average Bonchev–Trinajstić information content (AvgIpc) is 2.89. The predicted molar refractivity (Wildman–Crippen MR) is 74.1 cm³/mol. The van der Waals surface area contributed by atoms with Gasteiger partial charge in [0, 0.05) is 19.3 Å². The van der Waals surface area contributed by atoms with Gasteiger partial charge < -0.3 is 10.1 Å². The van der Waals surface area contributed by atoms with E-state index in [1.807, 2.05) is 0 Å². The van der Waals surface area contributed by atoms with Crippen LogP contribution < -0.4 is 0 Å². The molecule has 0 aliphatic heterocycles. The lowest BCUT2D eigenvalue weighted by atomic mass is 9.86. The molecular weight excluding hydrogens is 280 g/mol. The summed E-state index contributed by atoms with van der Waals surface area (Å²) < 4.78 is 26.4. The van der Waals surface area contributed by atoms with Gasteiger partial charge >= 0.3 is 5.97 Å². The molecule has 0 saturated heterocycles. The molecule has 2 N–H and O–H groups in total. The minimum atomic E-state index is -3.65. The Labute approximate surface area is 118 Å². The van der Waals surface area contributed by atoms with Crippen LogP contribution in [0.3, 0.4) is 0 Å². The van der Waals surface area contributed by atoms with Crippen LogP contribution in [0.15, 0.2) is 17.2 Å². The lowest BCUT2D eigenvalue weighted by molar-refractivity contribution is 0.0691. The van der Waals surface area contributed by atoms with Gasteiger partial charge in [-0.05, 0) is 24.8 Å². The fourth-order valence-electron chi connectivity index (χ4n) is 2.83. The Bertz CT molecular complexity index is 593. The first kappa shape index (κ1) is 15.1. The van der Waals surface area contributed by atoms with Crippen LogP contribution >= 0.6 is 0 Å². The maximum absolute atomic E-state index is 12.5. The highest BCUT2D eigenvalue weighted by atomic mass is 32.2. The van der Waals surface area contributed by atoms with Crippen LogP contribution in [0, 0.1) is 5.92 Å². The molecule has 0 bridgehead atoms. The number of nitrogens with zero attached hydrogens (tertiary/aromatic N) is 1. The van der Waals surface area contributed by atoms with Crippen LogP contribution in [0.4, 0.5) is 0 Å². The molecule has 0 spiro atoms. The van der Waals surface area contributed by atoms with Crippen molar-refractivity contribution in [3.63, 3.8) is 0 Å². The third kappa shape index (κ3) is 2.73. The molecule has 1 aromatic heterocycles. The number of carboxylic acids is 1. The Hall–Kier alpha value is -1.34. The van der Waals surface area contributed by atoms with E-state index in [9.17, 15) is 13.2 Å². The fourth-order valence-corrected chi connectivity index (χ4v) is 4.31. The third-order valence-corrected chi connectivity index (χ3v) is 5.96. The molecular formula is C13H20N2O4S. The minimum absolute atomic E-state index is 0.00942. The molecule has 20 heavy (non-hydrogen) atoms. The number of rotatable bonds is 4. The summed E-state index contributed by atoms with van der Waals surface area (Å²) in [5.74, 6) is -0.846. The van der Waals surface area contributed by atoms with Crippen molar-refractivity contribution in [2.24, 2.45) is 5.92 Å². The van der Waals surface area contributed by atoms with E-state index in [1.165, 1.54) is 16.6 Å². The van der Waals surface area contributed by atoms with E-state index in [1.54, 1.807) is 7.05 Å². The van der Waals surface area contributed by atoms with Crippen molar-refractivity contribution in [3.05, 3.63) is 18.0 Å². The largest absolute Gasteiger partial charge is 0.477 e. The Kier molecular flexibility index (Phi) is 4.19. The molecule has 1 saturated carbocycles. The molecule has 0 radical (unpaired) electrons. The van der Waals surface area contributed by atoms with Gasteiger partial charge in [0.1, 0.15) is 10.6 Å². The number of hydrogen-bond acceptors (Lipinski definition) is 3. The standard InChI is InChI=1S/C13H20N2O4S/c1-9-5-3-4-6-12(9)15(2)20(18,19)10-7-11(13(16)17)14-8-10/h7-9,12,14H,3-6H2,1-2H3,(H,16,17). The van der Waals surface area contributed by atoms with Crippen molar-refractivity contribution in [3.8, 4) is 0 Å². The van der Waals surface area contributed by atoms with Gasteiger partial charge in [-0.15, -0.1) is 0 Å². The molecule has 2 atom stereocenters. The Balaban J connectivity index is 2.26. The highest BCUT2D eigenvalue weighted by molar-refractivity contribution is 7.89. The lowest BCUT2D eigenvalue weighted by Gasteiger charge is -2.35. The molecule has 7 heteroatoms. The summed E-state index contributed by atoms with van der Waals surface area (Å²) in [6.45, 7) is 2.07. The van der Waals surface area contributed by atoms with Crippen molar-refractivity contribution in [1.29, 1.82) is 0 Å². The molecule has 1 aliphatic carbocycles. The average molecular weight is 300 g/mol. The summed E-state index contributed by atoms with van der Waals surface area (Å²) >= 11 is 0. The van der Waals surface area contributed by atoms with Gasteiger partial charge in [-0.25, -0.2) is 13.2 Å². The van der Waals surface area contributed by atoms with Crippen LogP contribution in [0.25, 0.3) is 0 Å². The molecule has 1 aromatic rings. The Morgan fingerprint density at radius 1 is 1.40 bits per heavy atom. The van der Waals surface area contributed by atoms with Gasteiger partial charge in [-0.1, -0.05) is 19.8 Å². The maximum atomic E-state index is 12.5. The van der Waals surface area contributed by atoms with Crippen molar-refractivity contribution >= 4 is 16.0 Å². The molecule has 1 heterocycles. The SMILES string of the molecule is CC1CCCCC1N(C)S(=O)(=O)c1c[nH]c(C(=O)O)c1. The van der Waals surface area contributed by atoms with E-state index >= 15 is 0 Å². The van der Waals surface area contributed by atoms with Gasteiger partial charge in [0.25, 0.3) is 0 Å². The first-order chi connectivity index (χ1) is 9.34. The fraction of sp³-hybridized carbons (Fsp3) is 0.615. The molecule has 1 aliphatic rings. The van der Waals surface area contributed by atoms with Crippen LogP contribution in [-0.2, 0) is 10.0 Å². The summed E-state index contributed by atoms with van der Waals surface area (Å²) in [6, 6.07) is 1.15. The molecule has 6 nitrogen and oxygen atoms in total. The zero-order valence-electron chi connectivity index (χ0n) is 11.7. The van der Waals surface area contributed by atoms with Gasteiger partial charge in [-0.3, -0.25) is 0 Å². The second-order valence-corrected chi connectivity index (χ2v) is 7.40. The second-order valence-electron chi connectivity index (χ2n) is 5.40. The number of aromatic nitrogens is 1. The molecule has 1 fully saturated rings. The summed E-state index contributed by atoms with van der Waals surface area (Å²) in [7, 11) is -2.07. The molecule has 112 valence electrons. The van der Waals surface area contributed by atoms with Crippen molar-refractivity contribution in [1.82, 2.24) is 9.29 Å². The Morgan fingerprint density at radius 2 is 2.05 bits per heavy atom. The zero-order chi connectivity index (χ0) is 14.9. The first-order valence-electron chi connectivity index (χ1n) is 6.74. The minimum Gasteiger partial charge on any atom is -0.477 e. The van der Waals surface area contributed by atoms with E-state index in [-0.39, 0.29) is 16.6 Å². The van der Waals surface area contributed by atoms with Crippen LogP contribution in [0.5, 0.6) is 0 Å². The van der Waals surface area contributed by atoms with E-state index in [0.717, 1.165) is 25.7 Å². The van der Waals surface area contributed by atoms with E-state index < -0.39 is 16.0 Å². The van der Waals surface area contributed by atoms with E-state index in [2.05, 4.69) is 11.9 Å². The van der Waals surface area contributed by atoms with Crippen molar-refractivity contribution in [2.45, 2.75) is 43.5 Å². The molecule has 0 amide bonds. The second kappa shape index (κ2) is 5.57. The van der Waals surface area contributed by atoms with Crippen molar-refractivity contribution in [2.75, 3.05) is 7.05 Å². The first-order valence-corrected chi connectivity index (χ1v) is 8.18. The highest BCUT2D eigenvalue weighted by Crippen LogP contribution is 2.30. The number of aromatic amines is 1. The summed E-state index contributed by atoms with van der Waals surface area (Å²) in [5.41, 5.74) is -0.117. The van der Waals surface area contributed by atoms with E-state index in [0.29, 0.717) is 5.92 Å². The van der Waals surface area contributed by atoms with Gasteiger partial charge in [0.2, 0.25) is 10.0 Å². The van der Waals surface area contributed by atoms with Crippen LogP contribution in [-0.4, -0.2) is 41.9 Å². The van der Waals surface area contributed by atoms with Crippen molar-refractivity contribution < 1.29 is 18.3 Å². The number of carboxylic acid groups (broad SMARTS) is 1. The van der Waals surface area contributed by atoms with Gasteiger partial charge in [0.05, 0.1) is 0 Å². The van der Waals surface area contributed by atoms with Gasteiger partial charge in [-0.2, -0.15) is 4.31 Å². The summed E-state index contributed by atoms with van der Waals surface area (Å²) in [6.07, 6.45) is 5.29. The third-order valence-electron chi connectivity index (χ3n) is 4.10. The predicted octanol–water partition coefficient (Wildman–Crippen LogP) is 1.91. The quantitative estimate of drug-likeness (QED) is 0.888.